The highest BCUT2D eigenvalue weighted by atomic mass is 127. The van der Waals surface area contributed by atoms with Crippen LogP contribution in [0.25, 0.3) is 0 Å². The van der Waals surface area contributed by atoms with Gasteiger partial charge in [0, 0.05) is 37.8 Å². The second-order valence-corrected chi connectivity index (χ2v) is 7.84. The molecule has 0 aliphatic rings. The maximum absolute atomic E-state index is 13.2. The van der Waals surface area contributed by atoms with Gasteiger partial charge < -0.3 is 10.6 Å². The second kappa shape index (κ2) is 10.2. The minimum Gasteiger partial charge on any atom is -0.356 e. The highest BCUT2D eigenvalue weighted by Gasteiger charge is 2.21. The van der Waals surface area contributed by atoms with Gasteiger partial charge in [0.25, 0.3) is 0 Å². The molecule has 5 nitrogen and oxygen atoms in total. The van der Waals surface area contributed by atoms with Gasteiger partial charge in [0.05, 0.1) is 5.69 Å². The molecule has 0 spiro atoms. The predicted molar refractivity (Wildman–Crippen MR) is 125 cm³/mol. The van der Waals surface area contributed by atoms with Gasteiger partial charge in [-0.2, -0.15) is 5.10 Å². The van der Waals surface area contributed by atoms with E-state index in [4.69, 9.17) is 0 Å². The second-order valence-electron chi connectivity index (χ2n) is 7.84. The summed E-state index contributed by atoms with van der Waals surface area (Å²) in [5.41, 5.74) is 4.48. The summed E-state index contributed by atoms with van der Waals surface area (Å²) in [5, 5.41) is 11.3. The van der Waals surface area contributed by atoms with Gasteiger partial charge in [-0.1, -0.05) is 26.0 Å². The summed E-state index contributed by atoms with van der Waals surface area (Å²) in [6, 6.07) is 6.90. The van der Waals surface area contributed by atoms with Crippen molar-refractivity contribution in [3.05, 3.63) is 52.6 Å². The van der Waals surface area contributed by atoms with Gasteiger partial charge in [0.2, 0.25) is 0 Å². The first-order chi connectivity index (χ1) is 12.6. The van der Waals surface area contributed by atoms with Crippen LogP contribution in [0.5, 0.6) is 0 Å². The molecule has 0 aliphatic carbocycles. The van der Waals surface area contributed by atoms with Crippen LogP contribution in [0.2, 0.25) is 0 Å². The summed E-state index contributed by atoms with van der Waals surface area (Å²) in [6.45, 7) is 11.2. The third-order valence-corrected chi connectivity index (χ3v) is 5.10. The molecule has 0 saturated carbocycles. The maximum atomic E-state index is 13.2. The van der Waals surface area contributed by atoms with Crippen molar-refractivity contribution in [3.63, 3.8) is 0 Å². The Balaban J connectivity index is 0.00000392. The Hall–Kier alpha value is -1.64. The van der Waals surface area contributed by atoms with Crippen molar-refractivity contribution in [3.8, 4) is 0 Å². The molecule has 156 valence electrons. The first-order valence-corrected chi connectivity index (χ1v) is 9.36. The molecule has 1 unspecified atom stereocenters. The summed E-state index contributed by atoms with van der Waals surface area (Å²) in [4.78, 5) is 4.34. The fourth-order valence-electron chi connectivity index (χ4n) is 3.21. The van der Waals surface area contributed by atoms with Crippen molar-refractivity contribution in [2.45, 2.75) is 52.5 Å². The molecule has 2 N–H and O–H groups in total. The van der Waals surface area contributed by atoms with Gasteiger partial charge in [-0.3, -0.25) is 9.67 Å². The van der Waals surface area contributed by atoms with Crippen LogP contribution in [0.3, 0.4) is 0 Å². The first kappa shape index (κ1) is 24.4. The molecular weight excluding hydrogens is 468 g/mol. The molecule has 28 heavy (non-hydrogen) atoms. The van der Waals surface area contributed by atoms with Gasteiger partial charge in [-0.15, -0.1) is 24.0 Å². The zero-order valence-electron chi connectivity index (χ0n) is 17.9. The largest absolute Gasteiger partial charge is 0.356 e. The Morgan fingerprint density at radius 3 is 2.36 bits per heavy atom. The number of aryl methyl sites for hydroxylation is 2. The maximum Gasteiger partial charge on any atom is 0.191 e. The van der Waals surface area contributed by atoms with Crippen LogP contribution in [0, 0.1) is 19.7 Å². The average Bonchev–Trinajstić information content (AvgIpc) is 2.85. The van der Waals surface area contributed by atoms with E-state index in [2.05, 4.69) is 48.4 Å². The molecule has 0 amide bonds. The minimum atomic E-state index is -0.213. The van der Waals surface area contributed by atoms with E-state index in [9.17, 15) is 4.39 Å². The molecular formula is C21H33FIN5. The first-order valence-electron chi connectivity index (χ1n) is 9.36. The third kappa shape index (κ3) is 6.18. The van der Waals surface area contributed by atoms with Crippen LogP contribution in [-0.4, -0.2) is 35.4 Å². The summed E-state index contributed by atoms with van der Waals surface area (Å²) < 4.78 is 15.1. The molecule has 2 rings (SSSR count). The van der Waals surface area contributed by atoms with Gasteiger partial charge in [0.1, 0.15) is 5.82 Å². The van der Waals surface area contributed by atoms with Crippen LogP contribution in [0.1, 0.15) is 43.3 Å². The zero-order chi connectivity index (χ0) is 20.2. The Kier molecular flexibility index (Phi) is 8.91. The van der Waals surface area contributed by atoms with E-state index in [1.54, 1.807) is 7.05 Å². The molecule has 1 atom stereocenters. The molecule has 0 radical (unpaired) electrons. The number of guanidine groups is 1. The Bertz CT molecular complexity index is 796. The normalized spacial score (nSPS) is 13.1. The van der Waals surface area contributed by atoms with Crippen molar-refractivity contribution in [1.29, 1.82) is 0 Å². The SMILES string of the molecule is CN=C(NCC(C)(C)c1ccc(F)cc1)NC(C)Cc1c(C)nn(C)c1C.I. The van der Waals surface area contributed by atoms with E-state index in [1.807, 2.05) is 30.8 Å². The van der Waals surface area contributed by atoms with Gasteiger partial charge in [-0.25, -0.2) is 4.39 Å². The number of halogens is 2. The monoisotopic (exact) mass is 501 g/mol. The minimum absolute atomic E-state index is 0. The topological polar surface area (TPSA) is 54.2 Å². The van der Waals surface area contributed by atoms with Gasteiger partial charge >= 0.3 is 0 Å². The van der Waals surface area contributed by atoms with Crippen LogP contribution < -0.4 is 10.6 Å². The molecule has 7 heteroatoms. The standard InChI is InChI=1S/C21H32FN5.HI/c1-14(12-19-15(2)26-27(7)16(19)3)25-20(23-6)24-13-21(4,5)17-8-10-18(22)11-9-17;/h8-11,14H,12-13H2,1-7H3,(H2,23,24,25);1H. The lowest BCUT2D eigenvalue weighted by molar-refractivity contribution is 0.503. The summed E-state index contributed by atoms with van der Waals surface area (Å²) in [5.74, 6) is 0.548. The van der Waals surface area contributed by atoms with Crippen molar-refractivity contribution < 1.29 is 4.39 Å². The quantitative estimate of drug-likeness (QED) is 0.359. The fourth-order valence-corrected chi connectivity index (χ4v) is 3.21. The Morgan fingerprint density at radius 2 is 1.86 bits per heavy atom. The summed E-state index contributed by atoms with van der Waals surface area (Å²) in [7, 11) is 3.75. The molecule has 0 aliphatic heterocycles. The van der Waals surface area contributed by atoms with E-state index < -0.39 is 0 Å². The number of aromatic nitrogens is 2. The lowest BCUT2D eigenvalue weighted by Crippen LogP contribution is -2.47. The number of rotatable bonds is 6. The van der Waals surface area contributed by atoms with Crippen LogP contribution >= 0.6 is 24.0 Å². The van der Waals surface area contributed by atoms with Crippen molar-refractivity contribution >= 4 is 29.9 Å². The van der Waals surface area contributed by atoms with E-state index >= 15 is 0 Å². The van der Waals surface area contributed by atoms with Crippen molar-refractivity contribution in [2.75, 3.05) is 13.6 Å². The van der Waals surface area contributed by atoms with E-state index in [0.717, 1.165) is 23.6 Å². The third-order valence-electron chi connectivity index (χ3n) is 5.10. The number of hydrogen-bond donors (Lipinski definition) is 2. The molecule has 2 aromatic rings. The van der Waals surface area contributed by atoms with E-state index in [1.165, 1.54) is 23.4 Å². The smallest absolute Gasteiger partial charge is 0.191 e. The van der Waals surface area contributed by atoms with Gasteiger partial charge in [0.15, 0.2) is 5.96 Å². The lowest BCUT2D eigenvalue weighted by atomic mass is 9.84. The van der Waals surface area contributed by atoms with Crippen LogP contribution in [0.15, 0.2) is 29.3 Å². The summed E-state index contributed by atoms with van der Waals surface area (Å²) in [6.07, 6.45) is 0.883. The van der Waals surface area contributed by atoms with E-state index in [-0.39, 0.29) is 41.3 Å². The molecule has 1 aromatic heterocycles. The number of nitrogens with one attached hydrogen (secondary N) is 2. The van der Waals surface area contributed by atoms with Crippen LogP contribution in [0.4, 0.5) is 4.39 Å². The number of hydrogen-bond acceptors (Lipinski definition) is 2. The highest BCUT2D eigenvalue weighted by Crippen LogP contribution is 2.22. The number of nitrogens with zero attached hydrogens (tertiary/aromatic N) is 3. The number of aliphatic imine (C=N–C) groups is 1. The molecule has 0 fully saturated rings. The lowest BCUT2D eigenvalue weighted by Gasteiger charge is -2.27. The van der Waals surface area contributed by atoms with Crippen LogP contribution in [-0.2, 0) is 18.9 Å². The zero-order valence-corrected chi connectivity index (χ0v) is 20.3. The fraction of sp³-hybridized carbons (Fsp3) is 0.524. The summed E-state index contributed by atoms with van der Waals surface area (Å²) >= 11 is 0. The van der Waals surface area contributed by atoms with E-state index in [0.29, 0.717) is 6.54 Å². The predicted octanol–water partition coefficient (Wildman–Crippen LogP) is 3.87. The van der Waals surface area contributed by atoms with Crippen molar-refractivity contribution in [2.24, 2.45) is 12.0 Å². The molecule has 1 aromatic carbocycles. The number of benzene rings is 1. The highest BCUT2D eigenvalue weighted by molar-refractivity contribution is 14.0. The molecule has 0 bridgehead atoms. The van der Waals surface area contributed by atoms with Crippen molar-refractivity contribution in [1.82, 2.24) is 20.4 Å². The Morgan fingerprint density at radius 1 is 1.25 bits per heavy atom. The van der Waals surface area contributed by atoms with Gasteiger partial charge in [-0.05, 0) is 50.5 Å². The molecule has 0 saturated heterocycles. The molecule has 1 heterocycles. The average molecular weight is 501 g/mol. The Labute approximate surface area is 185 Å².